The van der Waals surface area contributed by atoms with E-state index in [2.05, 4.69) is 0 Å². The van der Waals surface area contributed by atoms with Crippen molar-refractivity contribution in [3.63, 3.8) is 0 Å². The summed E-state index contributed by atoms with van der Waals surface area (Å²) in [5.74, 6) is -1.75. The van der Waals surface area contributed by atoms with Gasteiger partial charge in [-0.15, -0.1) is 0 Å². The van der Waals surface area contributed by atoms with Gasteiger partial charge in [-0.25, -0.2) is 0 Å². The molecule has 1 amide bonds. The van der Waals surface area contributed by atoms with E-state index in [1.54, 1.807) is 0 Å². The van der Waals surface area contributed by atoms with Crippen LogP contribution < -0.4 is 10.6 Å². The van der Waals surface area contributed by atoms with E-state index in [1.165, 1.54) is 0 Å². The Morgan fingerprint density at radius 1 is 0.875 bits per heavy atom. The summed E-state index contributed by atoms with van der Waals surface area (Å²) in [5, 5.41) is 1.41. The summed E-state index contributed by atoms with van der Waals surface area (Å²) in [6.07, 6.45) is -17.6. The minimum absolute atomic E-state index is 0.299. The van der Waals surface area contributed by atoms with Crippen LogP contribution >= 0.6 is 0 Å². The molecule has 1 aromatic rings. The second-order valence-corrected chi connectivity index (χ2v) is 4.60. The molecule has 136 valence electrons. The van der Waals surface area contributed by atoms with Crippen molar-refractivity contribution >= 4 is 11.6 Å². The van der Waals surface area contributed by atoms with Crippen LogP contribution in [0, 0.1) is 0 Å². The van der Waals surface area contributed by atoms with Crippen LogP contribution in [0.5, 0.6) is 0 Å². The number of para-hydroxylation sites is 1. The standard InChI is InChI=1S/C12H9F9N2O/c1-6(24)22-10(11(16,17)18,12(19,20)21)23-8-5-3-2-4-7(8)9(13,14)15/h2-5,23H,1H3,(H,22,24). The molecular formula is C12H9F9N2O. The second kappa shape index (κ2) is 6.06. The summed E-state index contributed by atoms with van der Waals surface area (Å²) >= 11 is 0. The highest BCUT2D eigenvalue weighted by molar-refractivity contribution is 5.75. The van der Waals surface area contributed by atoms with Crippen LogP contribution in [0.3, 0.4) is 0 Å². The Labute approximate surface area is 128 Å². The third-order valence-corrected chi connectivity index (χ3v) is 2.77. The first-order valence-electron chi connectivity index (χ1n) is 5.98. The fourth-order valence-electron chi connectivity index (χ4n) is 1.78. The largest absolute Gasteiger partial charge is 0.439 e. The molecule has 3 nitrogen and oxygen atoms in total. The lowest BCUT2D eigenvalue weighted by atomic mass is 10.1. The van der Waals surface area contributed by atoms with Crippen LogP contribution in [0.15, 0.2) is 24.3 Å². The molecule has 0 atom stereocenters. The maximum atomic E-state index is 13.1. The summed E-state index contributed by atoms with van der Waals surface area (Å²) in [5.41, 5.74) is -8.34. The molecule has 0 saturated heterocycles. The minimum atomic E-state index is -6.18. The van der Waals surface area contributed by atoms with Gasteiger partial charge < -0.3 is 10.6 Å². The molecule has 0 bridgehead atoms. The van der Waals surface area contributed by atoms with Gasteiger partial charge in [-0.2, -0.15) is 39.5 Å². The van der Waals surface area contributed by atoms with E-state index in [9.17, 15) is 44.3 Å². The summed E-state index contributed by atoms with van der Waals surface area (Å²) in [6, 6.07) is 2.28. The molecule has 1 rings (SSSR count). The van der Waals surface area contributed by atoms with Crippen molar-refractivity contribution in [1.29, 1.82) is 0 Å². The van der Waals surface area contributed by atoms with Crippen molar-refractivity contribution in [2.24, 2.45) is 0 Å². The Hall–Kier alpha value is -2.14. The number of hydrogen-bond donors (Lipinski definition) is 2. The molecule has 0 unspecified atom stereocenters. The third-order valence-electron chi connectivity index (χ3n) is 2.77. The lowest BCUT2D eigenvalue weighted by molar-refractivity contribution is -0.295. The highest BCUT2D eigenvalue weighted by Crippen LogP contribution is 2.45. The van der Waals surface area contributed by atoms with Crippen molar-refractivity contribution < 1.29 is 44.3 Å². The smallest absolute Gasteiger partial charge is 0.347 e. The first-order chi connectivity index (χ1) is 10.6. The molecule has 2 N–H and O–H groups in total. The zero-order valence-electron chi connectivity index (χ0n) is 11.6. The fourth-order valence-corrected chi connectivity index (χ4v) is 1.78. The van der Waals surface area contributed by atoms with Crippen molar-refractivity contribution in [2.45, 2.75) is 31.1 Å². The van der Waals surface area contributed by atoms with Gasteiger partial charge in [0.1, 0.15) is 0 Å². The molecule has 0 fully saturated rings. The van der Waals surface area contributed by atoms with Crippen LogP contribution in [0.2, 0.25) is 0 Å². The molecule has 0 aromatic heterocycles. The molecule has 1 aromatic carbocycles. The number of halogens is 9. The van der Waals surface area contributed by atoms with Crippen molar-refractivity contribution in [1.82, 2.24) is 5.32 Å². The summed E-state index contributed by atoms with van der Waals surface area (Å²) in [7, 11) is 0. The average molecular weight is 368 g/mol. The molecule has 12 heteroatoms. The number of nitrogens with one attached hydrogen (secondary N) is 2. The van der Waals surface area contributed by atoms with Crippen LogP contribution in [0.1, 0.15) is 12.5 Å². The van der Waals surface area contributed by atoms with Crippen molar-refractivity contribution in [2.75, 3.05) is 5.32 Å². The quantitative estimate of drug-likeness (QED) is 0.624. The first-order valence-corrected chi connectivity index (χ1v) is 5.98. The minimum Gasteiger partial charge on any atom is -0.347 e. The topological polar surface area (TPSA) is 41.1 Å². The van der Waals surface area contributed by atoms with Gasteiger partial charge in [0.05, 0.1) is 5.56 Å². The molecule has 0 heterocycles. The Morgan fingerprint density at radius 3 is 1.71 bits per heavy atom. The molecule has 0 aliphatic heterocycles. The third kappa shape index (κ3) is 3.85. The van der Waals surface area contributed by atoms with Crippen LogP contribution in [0.25, 0.3) is 0 Å². The molecule has 0 aliphatic rings. The molecular weight excluding hydrogens is 359 g/mol. The second-order valence-electron chi connectivity index (χ2n) is 4.60. The predicted molar refractivity (Wildman–Crippen MR) is 63.7 cm³/mol. The Morgan fingerprint density at radius 2 is 1.33 bits per heavy atom. The molecule has 24 heavy (non-hydrogen) atoms. The van der Waals surface area contributed by atoms with Crippen LogP contribution in [-0.2, 0) is 11.0 Å². The highest BCUT2D eigenvalue weighted by atomic mass is 19.4. The van der Waals surface area contributed by atoms with Gasteiger partial charge in [0.2, 0.25) is 5.91 Å². The van der Waals surface area contributed by atoms with Gasteiger partial charge in [0.25, 0.3) is 0 Å². The number of alkyl halides is 9. The Balaban J connectivity index is 3.58. The highest BCUT2D eigenvalue weighted by Gasteiger charge is 2.72. The van der Waals surface area contributed by atoms with E-state index in [0.717, 1.165) is 17.4 Å². The number of anilines is 1. The lowest BCUT2D eigenvalue weighted by Gasteiger charge is -2.39. The summed E-state index contributed by atoms with van der Waals surface area (Å²) in [6.45, 7) is 0.365. The lowest BCUT2D eigenvalue weighted by Crippen LogP contribution is -2.72. The van der Waals surface area contributed by atoms with Crippen LogP contribution in [0.4, 0.5) is 45.2 Å². The van der Waals surface area contributed by atoms with E-state index < -0.39 is 41.3 Å². The maximum absolute atomic E-state index is 13.1. The van der Waals surface area contributed by atoms with Crippen LogP contribution in [-0.4, -0.2) is 23.9 Å². The zero-order chi connectivity index (χ0) is 19.0. The SMILES string of the molecule is CC(=O)NC(Nc1ccccc1C(F)(F)F)(C(F)(F)F)C(F)(F)F. The van der Waals surface area contributed by atoms with Gasteiger partial charge in [0, 0.05) is 12.6 Å². The molecule has 0 radical (unpaired) electrons. The first kappa shape index (κ1) is 19.9. The number of amides is 1. The van der Waals surface area contributed by atoms with E-state index >= 15 is 0 Å². The summed E-state index contributed by atoms with van der Waals surface area (Å²) in [4.78, 5) is 10.9. The molecule has 0 aliphatic carbocycles. The van der Waals surface area contributed by atoms with Gasteiger partial charge >= 0.3 is 24.2 Å². The van der Waals surface area contributed by atoms with E-state index in [4.69, 9.17) is 0 Å². The monoisotopic (exact) mass is 368 g/mol. The Bertz CT molecular complexity index is 590. The molecule has 0 saturated carbocycles. The van der Waals surface area contributed by atoms with Crippen molar-refractivity contribution in [3.8, 4) is 0 Å². The van der Waals surface area contributed by atoms with E-state index in [1.807, 2.05) is 0 Å². The summed E-state index contributed by atoms with van der Waals surface area (Å²) < 4.78 is 117. The predicted octanol–water partition coefficient (Wildman–Crippen LogP) is 4.07. The fraction of sp³-hybridized carbons (Fsp3) is 0.417. The van der Waals surface area contributed by atoms with Gasteiger partial charge in [-0.1, -0.05) is 12.1 Å². The van der Waals surface area contributed by atoms with Gasteiger partial charge in [0.15, 0.2) is 0 Å². The zero-order valence-corrected chi connectivity index (χ0v) is 11.6. The number of benzene rings is 1. The number of carbonyl (C=O) groups is 1. The molecule has 0 spiro atoms. The van der Waals surface area contributed by atoms with E-state index in [-0.39, 0.29) is 0 Å². The normalized spacial score (nSPS) is 13.6. The Kier molecular flexibility index (Phi) is 5.02. The van der Waals surface area contributed by atoms with Crippen molar-refractivity contribution in [3.05, 3.63) is 29.8 Å². The average Bonchev–Trinajstić information content (AvgIpc) is 2.33. The number of carbonyl (C=O) groups excluding carboxylic acids is 1. The van der Waals surface area contributed by atoms with Gasteiger partial charge in [-0.3, -0.25) is 4.79 Å². The maximum Gasteiger partial charge on any atom is 0.439 e. The number of hydrogen-bond acceptors (Lipinski definition) is 2. The van der Waals surface area contributed by atoms with Gasteiger partial charge in [-0.05, 0) is 12.1 Å². The number of rotatable bonds is 3. The van der Waals surface area contributed by atoms with E-state index in [0.29, 0.717) is 24.4 Å².